The van der Waals surface area contributed by atoms with Gasteiger partial charge in [0.05, 0.1) is 13.3 Å². The molecule has 0 unspecified atom stereocenters. The average molecular weight is 391 g/mol. The highest BCUT2D eigenvalue weighted by molar-refractivity contribution is 5.43. The summed E-state index contributed by atoms with van der Waals surface area (Å²) in [6.45, 7) is 6.76. The number of nitrogens with zero attached hydrogens (tertiary/aromatic N) is 3. The Balaban J connectivity index is 1.86. The van der Waals surface area contributed by atoms with Crippen LogP contribution in [0.3, 0.4) is 0 Å². The Kier molecular flexibility index (Phi) is 8.76. The van der Waals surface area contributed by atoms with Crippen LogP contribution in [0, 0.1) is 0 Å². The van der Waals surface area contributed by atoms with Gasteiger partial charge in [-0.05, 0) is 57.6 Å². The predicted octanol–water partition coefficient (Wildman–Crippen LogP) is 2.17. The lowest BCUT2D eigenvalue weighted by atomic mass is 10.1. The fourth-order valence-electron chi connectivity index (χ4n) is 2.84. The first-order valence-electron chi connectivity index (χ1n) is 9.73. The molecule has 156 valence electrons. The van der Waals surface area contributed by atoms with Crippen LogP contribution < -0.4 is 9.47 Å². The Morgan fingerprint density at radius 2 is 1.96 bits per heavy atom. The quantitative estimate of drug-likeness (QED) is 0.579. The van der Waals surface area contributed by atoms with E-state index in [1.54, 1.807) is 7.11 Å². The number of rotatable bonds is 12. The Hall–Kier alpha value is -2.09. The van der Waals surface area contributed by atoms with Crippen LogP contribution in [-0.4, -0.2) is 78.2 Å². The van der Waals surface area contributed by atoms with Crippen LogP contribution in [0.4, 0.5) is 0 Å². The number of aromatic nitrogens is 2. The van der Waals surface area contributed by atoms with Crippen LogP contribution in [0.15, 0.2) is 30.6 Å². The molecule has 2 N–H and O–H groups in total. The maximum atomic E-state index is 10.2. The molecule has 0 spiro atoms. The van der Waals surface area contributed by atoms with Crippen LogP contribution in [0.5, 0.6) is 11.5 Å². The summed E-state index contributed by atoms with van der Waals surface area (Å²) in [5, 5.41) is 17.0. The van der Waals surface area contributed by atoms with Crippen molar-refractivity contribution in [3.8, 4) is 11.5 Å². The highest BCUT2D eigenvalue weighted by atomic mass is 16.5. The summed E-state index contributed by atoms with van der Waals surface area (Å²) in [5.74, 6) is 1.34. The molecule has 0 saturated heterocycles. The lowest BCUT2D eigenvalue weighted by molar-refractivity contribution is 0.0668. The van der Waals surface area contributed by atoms with Gasteiger partial charge in [0.1, 0.15) is 12.7 Å². The molecule has 28 heavy (non-hydrogen) atoms. The van der Waals surface area contributed by atoms with E-state index < -0.39 is 6.10 Å². The number of aliphatic hydroxyl groups is 1. The molecule has 7 nitrogen and oxygen atoms in total. The van der Waals surface area contributed by atoms with Crippen molar-refractivity contribution in [2.45, 2.75) is 39.0 Å². The first-order chi connectivity index (χ1) is 13.4. The van der Waals surface area contributed by atoms with Gasteiger partial charge in [0, 0.05) is 31.9 Å². The molecule has 1 aromatic heterocycles. The Labute approximate surface area is 168 Å². The zero-order valence-corrected chi connectivity index (χ0v) is 17.7. The Morgan fingerprint density at radius 3 is 2.61 bits per heavy atom. The van der Waals surface area contributed by atoms with Crippen molar-refractivity contribution in [2.24, 2.45) is 0 Å². The molecular weight excluding hydrogens is 356 g/mol. The van der Waals surface area contributed by atoms with Crippen molar-refractivity contribution in [1.29, 1.82) is 0 Å². The van der Waals surface area contributed by atoms with E-state index in [4.69, 9.17) is 9.47 Å². The van der Waals surface area contributed by atoms with E-state index in [0.29, 0.717) is 24.1 Å². The minimum Gasteiger partial charge on any atom is -0.493 e. The number of methoxy groups -OCH3 is 1. The highest BCUT2D eigenvalue weighted by Gasteiger charge is 2.13. The number of aromatic amines is 1. The molecule has 0 saturated carbocycles. The normalized spacial score (nSPS) is 12.8. The molecule has 0 radical (unpaired) electrons. The minimum absolute atomic E-state index is 0.234. The van der Waals surface area contributed by atoms with E-state index in [1.165, 1.54) is 5.56 Å². The first kappa shape index (κ1) is 22.2. The second-order valence-corrected chi connectivity index (χ2v) is 7.58. The zero-order valence-electron chi connectivity index (χ0n) is 17.7. The third-order valence-electron chi connectivity index (χ3n) is 4.83. The van der Waals surface area contributed by atoms with Crippen molar-refractivity contribution in [2.75, 3.05) is 40.9 Å². The number of aliphatic hydroxyl groups excluding tert-OH is 1. The van der Waals surface area contributed by atoms with Crippen LogP contribution in [0.2, 0.25) is 0 Å². The Morgan fingerprint density at radius 1 is 1.18 bits per heavy atom. The minimum atomic E-state index is -0.550. The SMILES string of the molecule is COc1cc(CN(C)CCc2cn[nH]c2)ccc1OC[C@@H](O)CN(C)C(C)C. The number of hydrogen-bond acceptors (Lipinski definition) is 6. The topological polar surface area (TPSA) is 73.8 Å². The first-order valence-corrected chi connectivity index (χ1v) is 9.73. The highest BCUT2D eigenvalue weighted by Crippen LogP contribution is 2.28. The lowest BCUT2D eigenvalue weighted by Crippen LogP contribution is -2.36. The number of hydrogen-bond donors (Lipinski definition) is 2. The number of benzene rings is 1. The summed E-state index contributed by atoms with van der Waals surface area (Å²) in [5.41, 5.74) is 2.36. The lowest BCUT2D eigenvalue weighted by Gasteiger charge is -2.24. The average Bonchev–Trinajstić information content (AvgIpc) is 3.18. The molecule has 2 rings (SSSR count). The third kappa shape index (κ3) is 7.14. The van der Waals surface area contributed by atoms with Gasteiger partial charge in [-0.25, -0.2) is 0 Å². The number of nitrogens with one attached hydrogen (secondary N) is 1. The number of ether oxygens (including phenoxy) is 2. The van der Waals surface area contributed by atoms with Gasteiger partial charge in [-0.1, -0.05) is 6.07 Å². The maximum absolute atomic E-state index is 10.2. The monoisotopic (exact) mass is 390 g/mol. The summed E-state index contributed by atoms with van der Waals surface area (Å²) < 4.78 is 11.3. The van der Waals surface area contributed by atoms with Crippen LogP contribution >= 0.6 is 0 Å². The van der Waals surface area contributed by atoms with Gasteiger partial charge >= 0.3 is 0 Å². The van der Waals surface area contributed by atoms with E-state index >= 15 is 0 Å². The standard InChI is InChI=1S/C21H34N4O3/c1-16(2)25(4)14-19(26)15-28-20-7-6-17(10-21(20)27-5)13-24(3)9-8-18-11-22-23-12-18/h6-7,10-12,16,19,26H,8-9,13-15H2,1-5H3,(H,22,23)/t19-/m0/s1. The summed E-state index contributed by atoms with van der Waals surface area (Å²) in [4.78, 5) is 4.35. The maximum Gasteiger partial charge on any atom is 0.161 e. The molecule has 0 amide bonds. The molecule has 1 atom stereocenters. The molecule has 0 aliphatic rings. The molecule has 0 aliphatic heterocycles. The van der Waals surface area contributed by atoms with E-state index in [1.807, 2.05) is 37.6 Å². The van der Waals surface area contributed by atoms with Crippen molar-refractivity contribution in [3.63, 3.8) is 0 Å². The van der Waals surface area contributed by atoms with Gasteiger partial charge in [-0.3, -0.25) is 5.10 Å². The summed E-state index contributed by atoms with van der Waals surface area (Å²) >= 11 is 0. The number of likely N-dealkylation sites (N-methyl/N-ethyl adjacent to an activating group) is 2. The summed E-state index contributed by atoms with van der Waals surface area (Å²) in [6, 6.07) is 6.33. The fraction of sp³-hybridized carbons (Fsp3) is 0.571. The van der Waals surface area contributed by atoms with Gasteiger partial charge in [0.2, 0.25) is 0 Å². The van der Waals surface area contributed by atoms with Crippen molar-refractivity contribution in [3.05, 3.63) is 41.7 Å². The van der Waals surface area contributed by atoms with Gasteiger partial charge < -0.3 is 24.4 Å². The van der Waals surface area contributed by atoms with E-state index in [-0.39, 0.29) is 6.61 Å². The third-order valence-corrected chi connectivity index (χ3v) is 4.83. The molecule has 2 aromatic rings. The van der Waals surface area contributed by atoms with Crippen molar-refractivity contribution < 1.29 is 14.6 Å². The summed E-state index contributed by atoms with van der Waals surface area (Å²) in [6.07, 6.45) is 4.19. The van der Waals surface area contributed by atoms with Crippen LogP contribution in [0.25, 0.3) is 0 Å². The molecule has 1 aromatic carbocycles. The van der Waals surface area contributed by atoms with Crippen molar-refractivity contribution in [1.82, 2.24) is 20.0 Å². The van der Waals surface area contributed by atoms with Gasteiger partial charge in [-0.2, -0.15) is 5.10 Å². The van der Waals surface area contributed by atoms with Crippen LogP contribution in [0.1, 0.15) is 25.0 Å². The molecular formula is C21H34N4O3. The second-order valence-electron chi connectivity index (χ2n) is 7.58. The molecule has 0 bridgehead atoms. The van der Waals surface area contributed by atoms with Gasteiger partial charge in [-0.15, -0.1) is 0 Å². The number of H-pyrrole nitrogens is 1. The zero-order chi connectivity index (χ0) is 20.5. The predicted molar refractivity (Wildman–Crippen MR) is 111 cm³/mol. The molecule has 1 heterocycles. The molecule has 0 fully saturated rings. The smallest absolute Gasteiger partial charge is 0.161 e. The second kappa shape index (κ2) is 11.0. The van der Waals surface area contributed by atoms with E-state index in [0.717, 1.165) is 25.1 Å². The van der Waals surface area contributed by atoms with Gasteiger partial charge in [0.15, 0.2) is 11.5 Å². The molecule has 7 heteroatoms. The summed E-state index contributed by atoms with van der Waals surface area (Å²) in [7, 11) is 5.72. The van der Waals surface area contributed by atoms with E-state index in [9.17, 15) is 5.11 Å². The molecule has 0 aliphatic carbocycles. The van der Waals surface area contributed by atoms with Gasteiger partial charge in [0.25, 0.3) is 0 Å². The van der Waals surface area contributed by atoms with E-state index in [2.05, 4.69) is 40.9 Å². The fourth-order valence-corrected chi connectivity index (χ4v) is 2.84. The largest absolute Gasteiger partial charge is 0.493 e. The van der Waals surface area contributed by atoms with Crippen molar-refractivity contribution >= 4 is 0 Å². The Bertz CT molecular complexity index is 691. The van der Waals surface area contributed by atoms with Crippen LogP contribution in [-0.2, 0) is 13.0 Å².